The zero-order chi connectivity index (χ0) is 12.6. The smallest absolute Gasteiger partial charge is 0.151 e. The molecule has 0 aromatic carbocycles. The number of nitrogens with one attached hydrogen (secondary N) is 1. The molecule has 1 aromatic heterocycles. The fourth-order valence-electron chi connectivity index (χ4n) is 2.08. The number of hydrogen-bond donors (Lipinski definition) is 1. The first kappa shape index (κ1) is 13.5. The summed E-state index contributed by atoms with van der Waals surface area (Å²) in [6.45, 7) is 8.55. The van der Waals surface area contributed by atoms with Crippen LogP contribution in [-0.4, -0.2) is 42.9 Å². The Labute approximate surface area is 108 Å². The molecule has 102 valence electrons. The van der Waals surface area contributed by atoms with Crippen LogP contribution < -0.4 is 5.32 Å². The van der Waals surface area contributed by atoms with Crippen molar-refractivity contribution in [2.24, 2.45) is 0 Å². The molecule has 5 heteroatoms. The first-order valence-electron chi connectivity index (χ1n) is 6.84. The van der Waals surface area contributed by atoms with Gasteiger partial charge >= 0.3 is 0 Å². The van der Waals surface area contributed by atoms with E-state index >= 15 is 0 Å². The minimum Gasteiger partial charge on any atom is -0.380 e. The van der Waals surface area contributed by atoms with Crippen molar-refractivity contribution in [2.45, 2.75) is 32.9 Å². The zero-order valence-corrected chi connectivity index (χ0v) is 11.2. The van der Waals surface area contributed by atoms with E-state index in [1.165, 1.54) is 0 Å². The van der Waals surface area contributed by atoms with E-state index in [9.17, 15) is 0 Å². The Morgan fingerprint density at radius 2 is 2.33 bits per heavy atom. The van der Waals surface area contributed by atoms with Crippen molar-refractivity contribution in [3.8, 4) is 0 Å². The van der Waals surface area contributed by atoms with Gasteiger partial charge in [0, 0.05) is 32.3 Å². The normalized spacial score (nSPS) is 17.8. The highest BCUT2D eigenvalue weighted by molar-refractivity contribution is 5.05. The van der Waals surface area contributed by atoms with E-state index in [1.54, 1.807) is 0 Å². The number of aromatic nitrogens is 1. The predicted molar refractivity (Wildman–Crippen MR) is 69.2 cm³/mol. The molecule has 0 saturated carbocycles. The molecule has 1 aliphatic heterocycles. The largest absolute Gasteiger partial charge is 0.380 e. The minimum absolute atomic E-state index is 0.792. The lowest BCUT2D eigenvalue weighted by atomic mass is 10.3. The van der Waals surface area contributed by atoms with Crippen LogP contribution in [0.2, 0.25) is 0 Å². The molecule has 2 heterocycles. The van der Waals surface area contributed by atoms with Gasteiger partial charge in [-0.2, -0.15) is 0 Å². The van der Waals surface area contributed by atoms with E-state index < -0.39 is 0 Å². The van der Waals surface area contributed by atoms with Crippen molar-refractivity contribution >= 4 is 0 Å². The molecule has 0 radical (unpaired) electrons. The Kier molecular flexibility index (Phi) is 5.64. The van der Waals surface area contributed by atoms with Gasteiger partial charge in [0.15, 0.2) is 5.76 Å². The lowest BCUT2D eigenvalue weighted by Crippen LogP contribution is -2.25. The van der Waals surface area contributed by atoms with E-state index in [0.29, 0.717) is 0 Å². The molecule has 0 bridgehead atoms. The molecule has 1 aliphatic rings. The van der Waals surface area contributed by atoms with Gasteiger partial charge in [0.1, 0.15) is 0 Å². The number of rotatable bonds is 6. The molecular formula is C13H23N3O2. The summed E-state index contributed by atoms with van der Waals surface area (Å²) >= 11 is 0. The summed E-state index contributed by atoms with van der Waals surface area (Å²) in [7, 11) is 0. The van der Waals surface area contributed by atoms with Gasteiger partial charge in [-0.05, 0) is 19.4 Å². The van der Waals surface area contributed by atoms with Crippen LogP contribution in [-0.2, 0) is 17.8 Å². The molecule has 0 amide bonds. The molecule has 0 aliphatic carbocycles. The highest BCUT2D eigenvalue weighted by atomic mass is 16.5. The van der Waals surface area contributed by atoms with Crippen molar-refractivity contribution < 1.29 is 9.26 Å². The summed E-state index contributed by atoms with van der Waals surface area (Å²) in [6, 6.07) is 2.05. The molecule has 1 aromatic rings. The van der Waals surface area contributed by atoms with Crippen LogP contribution in [0.25, 0.3) is 0 Å². The molecular weight excluding hydrogens is 230 g/mol. The summed E-state index contributed by atoms with van der Waals surface area (Å²) in [4.78, 5) is 2.36. The van der Waals surface area contributed by atoms with Crippen LogP contribution in [0.4, 0.5) is 0 Å². The van der Waals surface area contributed by atoms with Crippen LogP contribution in [0.15, 0.2) is 10.6 Å². The molecule has 18 heavy (non-hydrogen) atoms. The van der Waals surface area contributed by atoms with Gasteiger partial charge in [0.05, 0.1) is 18.8 Å². The second-order valence-corrected chi connectivity index (χ2v) is 4.70. The maximum atomic E-state index is 5.44. The summed E-state index contributed by atoms with van der Waals surface area (Å²) in [5, 5.41) is 7.40. The minimum atomic E-state index is 0.792. The van der Waals surface area contributed by atoms with Crippen LogP contribution >= 0.6 is 0 Å². The summed E-state index contributed by atoms with van der Waals surface area (Å²) in [5.74, 6) is 0.949. The Morgan fingerprint density at radius 1 is 1.39 bits per heavy atom. The van der Waals surface area contributed by atoms with Gasteiger partial charge in [-0.25, -0.2) is 0 Å². The van der Waals surface area contributed by atoms with Gasteiger partial charge in [-0.15, -0.1) is 0 Å². The summed E-state index contributed by atoms with van der Waals surface area (Å²) < 4.78 is 10.8. The standard InChI is InChI=1S/C13H23N3O2/c1-2-4-14-10-12-9-13(18-15-12)11-16-5-3-7-17-8-6-16/h9,14H,2-8,10-11H2,1H3. The third-order valence-corrected chi connectivity index (χ3v) is 3.03. The van der Waals surface area contributed by atoms with Crippen molar-refractivity contribution in [1.29, 1.82) is 0 Å². The first-order valence-corrected chi connectivity index (χ1v) is 6.84. The van der Waals surface area contributed by atoms with Crippen molar-refractivity contribution in [1.82, 2.24) is 15.4 Å². The van der Waals surface area contributed by atoms with E-state index in [0.717, 1.165) is 70.2 Å². The third-order valence-electron chi connectivity index (χ3n) is 3.03. The molecule has 2 rings (SSSR count). The molecule has 1 saturated heterocycles. The van der Waals surface area contributed by atoms with Gasteiger partial charge in [0.25, 0.3) is 0 Å². The second kappa shape index (κ2) is 7.51. The van der Waals surface area contributed by atoms with Gasteiger partial charge in [-0.3, -0.25) is 4.90 Å². The van der Waals surface area contributed by atoms with E-state index in [1.807, 2.05) is 0 Å². The lowest BCUT2D eigenvalue weighted by Gasteiger charge is -2.16. The van der Waals surface area contributed by atoms with Crippen molar-refractivity contribution in [2.75, 3.05) is 32.8 Å². The maximum absolute atomic E-state index is 5.44. The Morgan fingerprint density at radius 3 is 3.22 bits per heavy atom. The maximum Gasteiger partial charge on any atom is 0.151 e. The Balaban J connectivity index is 1.78. The van der Waals surface area contributed by atoms with Crippen LogP contribution in [0.5, 0.6) is 0 Å². The molecule has 0 spiro atoms. The van der Waals surface area contributed by atoms with Gasteiger partial charge in [0.2, 0.25) is 0 Å². The number of nitrogens with zero attached hydrogens (tertiary/aromatic N) is 2. The van der Waals surface area contributed by atoms with Crippen molar-refractivity contribution in [3.63, 3.8) is 0 Å². The SMILES string of the molecule is CCCNCc1cc(CN2CCCOCC2)on1. The summed E-state index contributed by atoms with van der Waals surface area (Å²) in [6.07, 6.45) is 2.23. The first-order chi connectivity index (χ1) is 8.88. The molecule has 0 unspecified atom stereocenters. The monoisotopic (exact) mass is 253 g/mol. The van der Waals surface area contributed by atoms with Gasteiger partial charge < -0.3 is 14.6 Å². The fourth-order valence-corrected chi connectivity index (χ4v) is 2.08. The molecule has 5 nitrogen and oxygen atoms in total. The van der Waals surface area contributed by atoms with E-state index in [-0.39, 0.29) is 0 Å². The third kappa shape index (κ3) is 4.40. The van der Waals surface area contributed by atoms with Crippen molar-refractivity contribution in [3.05, 3.63) is 17.5 Å². The quantitative estimate of drug-likeness (QED) is 0.777. The highest BCUT2D eigenvalue weighted by Gasteiger charge is 2.12. The second-order valence-electron chi connectivity index (χ2n) is 4.70. The Bertz CT molecular complexity index is 333. The van der Waals surface area contributed by atoms with Crippen LogP contribution in [0, 0.1) is 0 Å². The van der Waals surface area contributed by atoms with Crippen LogP contribution in [0.3, 0.4) is 0 Å². The lowest BCUT2D eigenvalue weighted by molar-refractivity contribution is 0.138. The summed E-state index contributed by atoms with van der Waals surface area (Å²) in [5.41, 5.74) is 0.990. The average molecular weight is 253 g/mol. The molecule has 1 fully saturated rings. The fraction of sp³-hybridized carbons (Fsp3) is 0.769. The topological polar surface area (TPSA) is 50.5 Å². The average Bonchev–Trinajstić information content (AvgIpc) is 2.65. The van der Waals surface area contributed by atoms with Gasteiger partial charge in [-0.1, -0.05) is 12.1 Å². The molecule has 1 N–H and O–H groups in total. The highest BCUT2D eigenvalue weighted by Crippen LogP contribution is 2.09. The zero-order valence-electron chi connectivity index (χ0n) is 11.2. The predicted octanol–water partition coefficient (Wildman–Crippen LogP) is 1.40. The molecule has 0 atom stereocenters. The number of ether oxygens (including phenoxy) is 1. The van der Waals surface area contributed by atoms with Crippen LogP contribution in [0.1, 0.15) is 31.2 Å². The Hall–Kier alpha value is -0.910. The number of hydrogen-bond acceptors (Lipinski definition) is 5. The van der Waals surface area contributed by atoms with E-state index in [4.69, 9.17) is 9.26 Å². The van der Waals surface area contributed by atoms with E-state index in [2.05, 4.69) is 28.4 Å².